The van der Waals surface area contributed by atoms with Crippen LogP contribution >= 0.6 is 23.5 Å². The number of hydrogen-bond donors (Lipinski definition) is 1. The van der Waals surface area contributed by atoms with Gasteiger partial charge in [0.1, 0.15) is 0 Å². The third-order valence-corrected chi connectivity index (χ3v) is 5.57. The van der Waals surface area contributed by atoms with E-state index < -0.39 is 0 Å². The Morgan fingerprint density at radius 2 is 1.71 bits per heavy atom. The summed E-state index contributed by atoms with van der Waals surface area (Å²) in [7, 11) is 1.51. The van der Waals surface area contributed by atoms with Crippen LogP contribution in [0.4, 0.5) is 0 Å². The molecule has 0 aliphatic rings. The topological polar surface area (TPSA) is 46.5 Å². The van der Waals surface area contributed by atoms with Crippen molar-refractivity contribution in [2.24, 2.45) is 0 Å². The van der Waals surface area contributed by atoms with Crippen molar-refractivity contribution in [2.75, 3.05) is 18.6 Å². The summed E-state index contributed by atoms with van der Waals surface area (Å²) in [6, 6.07) is 1.63. The second-order valence-electron chi connectivity index (χ2n) is 4.70. The number of ether oxygens (including phenoxy) is 1. The van der Waals surface area contributed by atoms with Gasteiger partial charge >= 0.3 is 0 Å². The molecule has 0 unspecified atom stereocenters. The molecule has 0 atom stereocenters. The van der Waals surface area contributed by atoms with Crippen LogP contribution in [0.25, 0.3) is 0 Å². The van der Waals surface area contributed by atoms with Crippen molar-refractivity contribution in [3.63, 3.8) is 0 Å². The van der Waals surface area contributed by atoms with Crippen LogP contribution in [0.5, 0.6) is 11.5 Å². The summed E-state index contributed by atoms with van der Waals surface area (Å²) in [6.07, 6.45) is 5.24. The summed E-state index contributed by atoms with van der Waals surface area (Å²) >= 11 is 3.25. The minimum Gasteiger partial charge on any atom is -0.503 e. The normalized spacial score (nSPS) is 10.6. The highest BCUT2D eigenvalue weighted by Crippen LogP contribution is 2.45. The molecule has 1 N–H and O–H groups in total. The van der Waals surface area contributed by atoms with Gasteiger partial charge in [-0.2, -0.15) is 0 Å². The van der Waals surface area contributed by atoms with Crippen molar-refractivity contribution in [2.45, 2.75) is 49.3 Å². The van der Waals surface area contributed by atoms with Gasteiger partial charge in [0, 0.05) is 10.5 Å². The van der Waals surface area contributed by atoms with Crippen LogP contribution in [0.2, 0.25) is 0 Å². The molecule has 0 aliphatic heterocycles. The molecule has 0 fully saturated rings. The van der Waals surface area contributed by atoms with E-state index in [1.165, 1.54) is 7.11 Å². The summed E-state index contributed by atoms with van der Waals surface area (Å²) in [5, 5.41) is 10.4. The molecular weight excluding hydrogens is 304 g/mol. The number of thioether (sulfide) groups is 2. The first-order chi connectivity index (χ1) is 10.2. The molecule has 1 aromatic carbocycles. The number of phenolic OH excluding ortho intramolecular Hbond substituents is 1. The fraction of sp³-hybridized carbons (Fsp3) is 0.562. The Labute approximate surface area is 135 Å². The van der Waals surface area contributed by atoms with E-state index in [9.17, 15) is 9.90 Å². The molecular formula is C16H24O3S2. The Morgan fingerprint density at radius 3 is 2.19 bits per heavy atom. The second-order valence-corrected chi connectivity index (χ2v) is 6.91. The lowest BCUT2D eigenvalue weighted by atomic mass is 10.2. The van der Waals surface area contributed by atoms with Crippen molar-refractivity contribution in [1.82, 2.24) is 0 Å². The summed E-state index contributed by atoms with van der Waals surface area (Å²) in [5.41, 5.74) is 0.602. The van der Waals surface area contributed by atoms with Crippen LogP contribution in [0.15, 0.2) is 15.9 Å². The van der Waals surface area contributed by atoms with Gasteiger partial charge in [0.05, 0.1) is 12.0 Å². The highest BCUT2D eigenvalue weighted by atomic mass is 32.2. The monoisotopic (exact) mass is 328 g/mol. The van der Waals surface area contributed by atoms with E-state index in [1.807, 2.05) is 0 Å². The SMILES string of the molecule is CCCCSc1c(C=O)cc(OC)c(O)c1SCCCC. The van der Waals surface area contributed by atoms with E-state index in [0.717, 1.165) is 53.3 Å². The molecule has 0 aromatic heterocycles. The van der Waals surface area contributed by atoms with E-state index in [4.69, 9.17) is 4.74 Å². The maximum Gasteiger partial charge on any atom is 0.172 e. The van der Waals surface area contributed by atoms with E-state index >= 15 is 0 Å². The van der Waals surface area contributed by atoms with Crippen LogP contribution in [-0.4, -0.2) is 30.0 Å². The average Bonchev–Trinajstić information content (AvgIpc) is 2.50. The third-order valence-electron chi connectivity index (χ3n) is 3.04. The van der Waals surface area contributed by atoms with Gasteiger partial charge in [-0.25, -0.2) is 0 Å². The summed E-state index contributed by atoms with van der Waals surface area (Å²) < 4.78 is 5.18. The maximum atomic E-state index is 11.4. The van der Waals surface area contributed by atoms with Crippen molar-refractivity contribution >= 4 is 29.8 Å². The first-order valence-electron chi connectivity index (χ1n) is 7.34. The van der Waals surface area contributed by atoms with Crippen LogP contribution in [0.1, 0.15) is 49.9 Å². The van der Waals surface area contributed by atoms with Crippen LogP contribution in [-0.2, 0) is 0 Å². The summed E-state index contributed by atoms with van der Waals surface area (Å²) in [5.74, 6) is 2.40. The highest BCUT2D eigenvalue weighted by molar-refractivity contribution is 8.02. The number of carbonyl (C=O) groups excluding carboxylic acids is 1. The van der Waals surface area contributed by atoms with Gasteiger partial charge in [0.25, 0.3) is 0 Å². The largest absolute Gasteiger partial charge is 0.503 e. The Balaban J connectivity index is 3.13. The van der Waals surface area contributed by atoms with Crippen molar-refractivity contribution in [3.05, 3.63) is 11.6 Å². The standard InChI is InChI=1S/C16H24O3S2/c1-4-6-8-20-15-12(11-17)10-13(19-3)14(18)16(15)21-9-7-5-2/h10-11,18H,4-9H2,1-3H3. The van der Waals surface area contributed by atoms with Gasteiger partial charge in [-0.3, -0.25) is 4.79 Å². The molecule has 118 valence electrons. The van der Waals surface area contributed by atoms with Gasteiger partial charge in [0.15, 0.2) is 17.8 Å². The number of benzene rings is 1. The van der Waals surface area contributed by atoms with Crippen LogP contribution in [0.3, 0.4) is 0 Å². The van der Waals surface area contributed by atoms with Gasteiger partial charge in [0.2, 0.25) is 0 Å². The van der Waals surface area contributed by atoms with Crippen molar-refractivity contribution in [3.8, 4) is 11.5 Å². The number of phenols is 1. The molecule has 0 bridgehead atoms. The first kappa shape index (κ1) is 18.2. The Kier molecular flexibility index (Phi) is 8.69. The molecule has 0 aliphatic carbocycles. The molecule has 0 spiro atoms. The van der Waals surface area contributed by atoms with Crippen LogP contribution < -0.4 is 4.74 Å². The Morgan fingerprint density at radius 1 is 1.14 bits per heavy atom. The predicted molar refractivity (Wildman–Crippen MR) is 91.3 cm³/mol. The number of aromatic hydroxyl groups is 1. The molecule has 0 saturated heterocycles. The van der Waals surface area contributed by atoms with E-state index in [-0.39, 0.29) is 5.75 Å². The number of rotatable bonds is 10. The Bertz CT molecular complexity index is 461. The summed E-state index contributed by atoms with van der Waals surface area (Å²) in [6.45, 7) is 4.28. The molecule has 1 aromatic rings. The lowest BCUT2D eigenvalue weighted by molar-refractivity contribution is 0.112. The lowest BCUT2D eigenvalue weighted by Gasteiger charge is -2.15. The molecule has 3 nitrogen and oxygen atoms in total. The molecule has 0 heterocycles. The minimum absolute atomic E-state index is 0.156. The van der Waals surface area contributed by atoms with Gasteiger partial charge in [-0.15, -0.1) is 23.5 Å². The maximum absolute atomic E-state index is 11.4. The highest BCUT2D eigenvalue weighted by Gasteiger charge is 2.18. The molecule has 0 radical (unpaired) electrons. The molecule has 0 saturated carbocycles. The molecule has 5 heteroatoms. The lowest BCUT2D eigenvalue weighted by Crippen LogP contribution is -1.95. The summed E-state index contributed by atoms with van der Waals surface area (Å²) in [4.78, 5) is 13.0. The Hall–Kier alpha value is -0.810. The minimum atomic E-state index is 0.156. The number of aldehydes is 1. The van der Waals surface area contributed by atoms with Gasteiger partial charge < -0.3 is 9.84 Å². The van der Waals surface area contributed by atoms with Crippen molar-refractivity contribution < 1.29 is 14.6 Å². The number of unbranched alkanes of at least 4 members (excludes halogenated alkanes) is 2. The zero-order valence-electron chi connectivity index (χ0n) is 13.0. The first-order valence-corrected chi connectivity index (χ1v) is 9.31. The van der Waals surface area contributed by atoms with Crippen molar-refractivity contribution in [1.29, 1.82) is 0 Å². The number of hydrogen-bond acceptors (Lipinski definition) is 5. The molecule has 21 heavy (non-hydrogen) atoms. The molecule has 1 rings (SSSR count). The zero-order valence-corrected chi connectivity index (χ0v) is 14.6. The predicted octanol–water partition coefficient (Wildman–Crippen LogP) is 5.00. The van der Waals surface area contributed by atoms with E-state index in [1.54, 1.807) is 29.6 Å². The number of methoxy groups -OCH3 is 1. The second kappa shape index (κ2) is 10.0. The third kappa shape index (κ3) is 5.15. The van der Waals surface area contributed by atoms with Gasteiger partial charge in [-0.1, -0.05) is 26.7 Å². The van der Waals surface area contributed by atoms with E-state index in [2.05, 4.69) is 13.8 Å². The number of carbonyl (C=O) groups is 1. The fourth-order valence-electron chi connectivity index (χ4n) is 1.79. The van der Waals surface area contributed by atoms with Crippen LogP contribution in [0, 0.1) is 0 Å². The fourth-order valence-corrected chi connectivity index (χ4v) is 4.40. The quantitative estimate of drug-likeness (QED) is 0.372. The zero-order chi connectivity index (χ0) is 15.7. The smallest absolute Gasteiger partial charge is 0.172 e. The average molecular weight is 328 g/mol. The molecule has 0 amide bonds. The van der Waals surface area contributed by atoms with E-state index in [0.29, 0.717) is 11.3 Å². The van der Waals surface area contributed by atoms with Gasteiger partial charge in [-0.05, 0) is 30.4 Å².